The molecule has 1 aliphatic rings. The van der Waals surface area contributed by atoms with Crippen molar-refractivity contribution in [3.05, 3.63) is 39.4 Å². The number of halogens is 2. The lowest BCUT2D eigenvalue weighted by atomic mass is 10.1. The lowest BCUT2D eigenvalue weighted by molar-refractivity contribution is 0.523. The first-order valence-corrected chi connectivity index (χ1v) is 9.77. The minimum atomic E-state index is 0.448. The zero-order valence-electron chi connectivity index (χ0n) is 13.7. The Kier molecular flexibility index (Phi) is 4.67. The second-order valence-electron chi connectivity index (χ2n) is 6.18. The third-order valence-corrected chi connectivity index (χ3v) is 5.95. The van der Waals surface area contributed by atoms with E-state index >= 15 is 0 Å². The Morgan fingerprint density at radius 1 is 1.12 bits per heavy atom. The number of hydrogen-bond acceptors (Lipinski definition) is 6. The first kappa shape index (κ1) is 16.8. The Balaban J connectivity index is 1.45. The van der Waals surface area contributed by atoms with Crippen LogP contribution < -0.4 is 10.2 Å². The van der Waals surface area contributed by atoms with Crippen LogP contribution >= 0.6 is 34.5 Å². The monoisotopic (exact) mass is 393 g/mol. The van der Waals surface area contributed by atoms with E-state index in [-0.39, 0.29) is 0 Å². The van der Waals surface area contributed by atoms with Gasteiger partial charge in [0.25, 0.3) is 0 Å². The number of fused-ring (bicyclic) bond motifs is 1. The zero-order chi connectivity index (χ0) is 17.4. The third-order valence-electron chi connectivity index (χ3n) is 4.34. The molecule has 1 saturated heterocycles. The maximum atomic E-state index is 6.10. The van der Waals surface area contributed by atoms with Crippen molar-refractivity contribution in [2.45, 2.75) is 25.8 Å². The molecule has 0 saturated carbocycles. The Hall–Kier alpha value is -1.63. The van der Waals surface area contributed by atoms with Crippen molar-refractivity contribution in [3.8, 4) is 0 Å². The van der Waals surface area contributed by atoms with Crippen molar-refractivity contribution in [1.82, 2.24) is 15.0 Å². The molecule has 3 aromatic rings. The van der Waals surface area contributed by atoms with Gasteiger partial charge in [-0.2, -0.15) is 0 Å². The van der Waals surface area contributed by atoms with Crippen LogP contribution in [0.3, 0.4) is 0 Å². The fourth-order valence-electron chi connectivity index (χ4n) is 3.00. The summed E-state index contributed by atoms with van der Waals surface area (Å²) in [6.45, 7) is 3.88. The maximum absolute atomic E-state index is 6.10. The molecule has 0 spiro atoms. The Morgan fingerprint density at radius 2 is 1.84 bits per heavy atom. The van der Waals surface area contributed by atoms with Crippen LogP contribution in [0.1, 0.15) is 18.5 Å². The average molecular weight is 394 g/mol. The summed E-state index contributed by atoms with van der Waals surface area (Å²) in [5.41, 5.74) is 2.59. The smallest absolute Gasteiger partial charge is 0.183 e. The van der Waals surface area contributed by atoms with E-state index in [1.807, 2.05) is 13.1 Å². The molecule has 0 radical (unpaired) electrons. The second kappa shape index (κ2) is 6.94. The van der Waals surface area contributed by atoms with Crippen molar-refractivity contribution in [3.63, 3.8) is 0 Å². The summed E-state index contributed by atoms with van der Waals surface area (Å²) in [7, 11) is 0. The van der Waals surface area contributed by atoms with Crippen LogP contribution in [0.4, 0.5) is 10.9 Å². The van der Waals surface area contributed by atoms with Crippen LogP contribution in [0, 0.1) is 6.92 Å². The van der Waals surface area contributed by atoms with E-state index in [4.69, 9.17) is 28.2 Å². The number of rotatable bonds is 3. The number of nitrogens with zero attached hydrogens (tertiary/aromatic N) is 4. The molecule has 1 aromatic carbocycles. The van der Waals surface area contributed by atoms with Gasteiger partial charge in [-0.3, -0.25) is 4.98 Å². The molecule has 0 bridgehead atoms. The highest BCUT2D eigenvalue weighted by Crippen LogP contribution is 2.28. The number of benzene rings is 1. The zero-order valence-corrected chi connectivity index (χ0v) is 16.0. The summed E-state index contributed by atoms with van der Waals surface area (Å²) in [6, 6.07) is 3.97. The first-order chi connectivity index (χ1) is 12.1. The van der Waals surface area contributed by atoms with Gasteiger partial charge in [0.05, 0.1) is 33.0 Å². The van der Waals surface area contributed by atoms with Crippen molar-refractivity contribution in [2.75, 3.05) is 23.3 Å². The van der Waals surface area contributed by atoms with Crippen LogP contribution in [0.2, 0.25) is 10.0 Å². The molecule has 0 aliphatic carbocycles. The molecule has 130 valence electrons. The van der Waals surface area contributed by atoms with Crippen molar-refractivity contribution in [2.24, 2.45) is 0 Å². The van der Waals surface area contributed by atoms with Crippen LogP contribution in [0.25, 0.3) is 11.0 Å². The van der Waals surface area contributed by atoms with Crippen molar-refractivity contribution < 1.29 is 0 Å². The van der Waals surface area contributed by atoms with E-state index in [9.17, 15) is 0 Å². The fraction of sp³-hybridized carbons (Fsp3) is 0.353. The Labute approximate surface area is 160 Å². The largest absolute Gasteiger partial charge is 0.359 e. The van der Waals surface area contributed by atoms with E-state index in [1.165, 1.54) is 0 Å². The standard InChI is InChI=1S/C17H17Cl2N5S/c1-10-9-25-17(21-10)22-11-2-4-24(5-3-11)16-8-20-14-6-12(18)13(19)7-15(14)23-16/h6-9,11H,2-5H2,1H3,(H,21,22). The number of thiazole rings is 1. The lowest BCUT2D eigenvalue weighted by Crippen LogP contribution is -2.39. The van der Waals surface area contributed by atoms with Gasteiger partial charge < -0.3 is 10.2 Å². The van der Waals surface area contributed by atoms with Crippen molar-refractivity contribution >= 4 is 56.5 Å². The Morgan fingerprint density at radius 3 is 2.52 bits per heavy atom. The van der Waals surface area contributed by atoms with Crippen LogP contribution in [0.15, 0.2) is 23.7 Å². The molecule has 25 heavy (non-hydrogen) atoms. The molecule has 5 nitrogen and oxygen atoms in total. The summed E-state index contributed by atoms with van der Waals surface area (Å²) in [4.78, 5) is 15.9. The molecule has 0 unspecified atom stereocenters. The molecular formula is C17H17Cl2N5S. The summed E-state index contributed by atoms with van der Waals surface area (Å²) in [6.07, 6.45) is 3.89. The number of aryl methyl sites for hydroxylation is 1. The number of aromatic nitrogens is 3. The first-order valence-electron chi connectivity index (χ1n) is 8.14. The summed E-state index contributed by atoms with van der Waals surface area (Å²) in [5.74, 6) is 0.884. The highest BCUT2D eigenvalue weighted by Gasteiger charge is 2.21. The predicted octanol–water partition coefficient (Wildman–Crippen LogP) is 4.78. The third kappa shape index (κ3) is 3.66. The van der Waals surface area contributed by atoms with Gasteiger partial charge in [0, 0.05) is 24.5 Å². The van der Waals surface area contributed by atoms with Gasteiger partial charge in [0.15, 0.2) is 5.13 Å². The van der Waals surface area contributed by atoms with E-state index in [0.29, 0.717) is 16.1 Å². The summed E-state index contributed by atoms with van der Waals surface area (Å²) in [5, 5.41) is 7.61. The van der Waals surface area contributed by atoms with Crippen LogP contribution in [-0.2, 0) is 0 Å². The molecular weight excluding hydrogens is 377 g/mol. The predicted molar refractivity (Wildman–Crippen MR) is 105 cm³/mol. The minimum Gasteiger partial charge on any atom is -0.359 e. The van der Waals surface area contributed by atoms with Gasteiger partial charge in [0.2, 0.25) is 0 Å². The molecule has 8 heteroatoms. The number of hydrogen-bond donors (Lipinski definition) is 1. The second-order valence-corrected chi connectivity index (χ2v) is 7.86. The molecule has 1 fully saturated rings. The molecule has 1 aliphatic heterocycles. The highest BCUT2D eigenvalue weighted by molar-refractivity contribution is 7.13. The molecule has 2 aromatic heterocycles. The molecule has 3 heterocycles. The fourth-order valence-corrected chi connectivity index (χ4v) is 4.08. The normalized spacial score (nSPS) is 15.7. The van der Waals surface area contributed by atoms with Gasteiger partial charge in [-0.1, -0.05) is 23.2 Å². The van der Waals surface area contributed by atoms with Gasteiger partial charge >= 0.3 is 0 Å². The van der Waals surface area contributed by atoms with Gasteiger partial charge in [-0.15, -0.1) is 11.3 Å². The van der Waals surface area contributed by atoms with Crippen LogP contribution in [0.5, 0.6) is 0 Å². The average Bonchev–Trinajstić information content (AvgIpc) is 3.01. The number of nitrogens with one attached hydrogen (secondary N) is 1. The Bertz CT molecular complexity index is 905. The minimum absolute atomic E-state index is 0.448. The SMILES string of the molecule is Cc1csc(NC2CCN(c3cnc4cc(Cl)c(Cl)cc4n3)CC2)n1. The quantitative estimate of drug-likeness (QED) is 0.693. The van der Waals surface area contributed by atoms with Gasteiger partial charge in [-0.25, -0.2) is 9.97 Å². The van der Waals surface area contributed by atoms with Gasteiger partial charge in [0.1, 0.15) is 5.82 Å². The molecule has 4 rings (SSSR count). The lowest BCUT2D eigenvalue weighted by Gasteiger charge is -2.33. The maximum Gasteiger partial charge on any atom is 0.183 e. The molecule has 0 atom stereocenters. The molecule has 0 amide bonds. The number of anilines is 2. The van der Waals surface area contributed by atoms with Crippen molar-refractivity contribution in [1.29, 1.82) is 0 Å². The van der Waals surface area contributed by atoms with E-state index in [1.54, 1.807) is 23.5 Å². The van der Waals surface area contributed by atoms with E-state index < -0.39 is 0 Å². The summed E-state index contributed by atoms with van der Waals surface area (Å²) >= 11 is 13.8. The topological polar surface area (TPSA) is 53.9 Å². The molecule has 1 N–H and O–H groups in total. The summed E-state index contributed by atoms with van der Waals surface area (Å²) < 4.78 is 0. The van der Waals surface area contributed by atoms with Crippen LogP contribution in [-0.4, -0.2) is 34.1 Å². The number of piperidine rings is 1. The van der Waals surface area contributed by atoms with E-state index in [0.717, 1.165) is 53.6 Å². The van der Waals surface area contributed by atoms with E-state index in [2.05, 4.69) is 25.6 Å². The highest BCUT2D eigenvalue weighted by atomic mass is 35.5. The van der Waals surface area contributed by atoms with Gasteiger partial charge in [-0.05, 0) is 31.9 Å².